The number of hydrogen-bond acceptors (Lipinski definition) is 7. The van der Waals surface area contributed by atoms with Gasteiger partial charge >= 0.3 is 6.09 Å². The Bertz CT molecular complexity index is 1400. The second kappa shape index (κ2) is 12.5. The van der Waals surface area contributed by atoms with Crippen molar-refractivity contribution in [3.8, 4) is 23.1 Å². The average molecular weight is 551 g/mol. The molecule has 0 aliphatic carbocycles. The second-order valence-electron chi connectivity index (χ2n) is 9.57. The van der Waals surface area contributed by atoms with Crippen molar-refractivity contribution in [2.75, 3.05) is 27.3 Å². The van der Waals surface area contributed by atoms with E-state index in [1.165, 1.54) is 28.6 Å². The number of nitrogens with zero attached hydrogens (tertiary/aromatic N) is 4. The van der Waals surface area contributed by atoms with Crippen LogP contribution in [-0.2, 0) is 13.0 Å². The van der Waals surface area contributed by atoms with Gasteiger partial charge in [0.2, 0.25) is 5.88 Å². The summed E-state index contributed by atoms with van der Waals surface area (Å²) in [4.78, 5) is 46.7. The Kier molecular flexibility index (Phi) is 8.93. The molecule has 2 aromatic carbocycles. The topological polar surface area (TPSA) is 134 Å². The predicted octanol–water partition coefficient (Wildman–Crippen LogP) is 3.69. The van der Waals surface area contributed by atoms with E-state index >= 15 is 0 Å². The van der Waals surface area contributed by atoms with Crippen LogP contribution in [0.3, 0.4) is 0 Å². The number of hydrogen-bond donors (Lipinski definition) is 2. The highest BCUT2D eigenvalue weighted by molar-refractivity contribution is 5.96. The maximum Gasteiger partial charge on any atom is 0.407 e. The second-order valence-corrected chi connectivity index (χ2v) is 9.57. The van der Waals surface area contributed by atoms with E-state index in [4.69, 9.17) is 9.47 Å². The van der Waals surface area contributed by atoms with E-state index in [1.807, 2.05) is 37.3 Å². The number of para-hydroxylation sites is 1. The summed E-state index contributed by atoms with van der Waals surface area (Å²) < 4.78 is 12.3. The van der Waals surface area contributed by atoms with Gasteiger partial charge in [-0.1, -0.05) is 49.7 Å². The molecular formula is C29H34N4O7. The van der Waals surface area contributed by atoms with Gasteiger partial charge in [-0.25, -0.2) is 4.79 Å². The third-order valence-electron chi connectivity index (χ3n) is 7.06. The standard InChI is InChI=1S/C29H34N4O7/c1-4-5-14-23-30-26(34)24(28(36)33(23)25-21(39-2)12-9-13-22(25)40-3)27(35)31-16-15-20(18-31)32(29(37)38)17-19-10-7-6-8-11-19/h6-13,20,34H,4-5,14-18H2,1-3H3,(H,37,38)/t20-/m1/s1. The Morgan fingerprint density at radius 3 is 2.35 bits per heavy atom. The molecule has 1 aromatic heterocycles. The minimum atomic E-state index is -1.10. The maximum atomic E-state index is 14.0. The minimum Gasteiger partial charge on any atom is -0.494 e. The Morgan fingerprint density at radius 1 is 1.07 bits per heavy atom. The zero-order valence-electron chi connectivity index (χ0n) is 22.9. The van der Waals surface area contributed by atoms with Gasteiger partial charge in [0.1, 0.15) is 23.0 Å². The van der Waals surface area contributed by atoms with Crippen LogP contribution in [0.2, 0.25) is 0 Å². The van der Waals surface area contributed by atoms with E-state index in [-0.39, 0.29) is 31.1 Å². The fourth-order valence-electron chi connectivity index (χ4n) is 5.00. The van der Waals surface area contributed by atoms with Crippen molar-refractivity contribution in [3.05, 3.63) is 75.8 Å². The summed E-state index contributed by atoms with van der Waals surface area (Å²) in [6.07, 6.45) is 1.17. The lowest BCUT2D eigenvalue weighted by atomic mass is 10.1. The third-order valence-corrected chi connectivity index (χ3v) is 7.06. The molecule has 40 heavy (non-hydrogen) atoms. The largest absolute Gasteiger partial charge is 0.494 e. The molecule has 1 aliphatic rings. The Balaban J connectivity index is 1.72. The molecule has 0 radical (unpaired) electrons. The lowest BCUT2D eigenvalue weighted by molar-refractivity contribution is 0.0761. The SMILES string of the molecule is CCCCc1nc(O)c(C(=O)N2CC[C@@H](N(Cc3ccccc3)C(=O)O)C2)c(=O)n1-c1c(OC)cccc1OC. The van der Waals surface area contributed by atoms with Crippen LogP contribution >= 0.6 is 0 Å². The summed E-state index contributed by atoms with van der Waals surface area (Å²) in [6.45, 7) is 2.46. The minimum absolute atomic E-state index is 0.0758. The van der Waals surface area contributed by atoms with Gasteiger partial charge in [0.15, 0.2) is 5.56 Å². The third kappa shape index (κ3) is 5.73. The molecule has 1 aliphatic heterocycles. The van der Waals surface area contributed by atoms with Crippen molar-refractivity contribution in [2.24, 2.45) is 0 Å². The molecule has 0 bridgehead atoms. The van der Waals surface area contributed by atoms with Gasteiger partial charge in [-0.05, 0) is 30.5 Å². The summed E-state index contributed by atoms with van der Waals surface area (Å²) in [7, 11) is 2.92. The predicted molar refractivity (Wildman–Crippen MR) is 148 cm³/mol. The lowest BCUT2D eigenvalue weighted by Crippen LogP contribution is -2.42. The molecule has 11 nitrogen and oxygen atoms in total. The zero-order chi connectivity index (χ0) is 28.8. The number of aromatic nitrogens is 2. The number of carboxylic acid groups (broad SMARTS) is 1. The number of aromatic hydroxyl groups is 1. The van der Waals surface area contributed by atoms with Crippen molar-refractivity contribution in [2.45, 2.75) is 45.2 Å². The smallest absolute Gasteiger partial charge is 0.407 e. The molecule has 2 amide bonds. The molecule has 3 aromatic rings. The van der Waals surface area contributed by atoms with Gasteiger partial charge < -0.3 is 24.6 Å². The molecule has 11 heteroatoms. The van der Waals surface area contributed by atoms with E-state index in [1.54, 1.807) is 18.2 Å². The Labute approximate surface area is 232 Å². The molecule has 0 unspecified atom stereocenters. The number of unbranched alkanes of at least 4 members (excludes halogenated alkanes) is 1. The number of methoxy groups -OCH3 is 2. The van der Waals surface area contributed by atoms with Crippen LogP contribution in [0.4, 0.5) is 4.79 Å². The van der Waals surface area contributed by atoms with E-state index in [0.717, 1.165) is 12.0 Å². The molecule has 1 saturated heterocycles. The molecule has 0 saturated carbocycles. The molecule has 212 valence electrons. The van der Waals surface area contributed by atoms with Crippen molar-refractivity contribution in [3.63, 3.8) is 0 Å². The van der Waals surface area contributed by atoms with Gasteiger partial charge in [0, 0.05) is 26.1 Å². The summed E-state index contributed by atoms with van der Waals surface area (Å²) in [5.41, 5.74) is -0.134. The van der Waals surface area contributed by atoms with Crippen LogP contribution in [-0.4, -0.2) is 74.9 Å². The van der Waals surface area contributed by atoms with Crippen LogP contribution in [0.15, 0.2) is 53.3 Å². The number of carbonyl (C=O) groups is 2. The number of benzene rings is 2. The summed E-state index contributed by atoms with van der Waals surface area (Å²) in [6, 6.07) is 13.8. The number of rotatable bonds is 10. The van der Waals surface area contributed by atoms with Crippen LogP contribution in [0, 0.1) is 0 Å². The van der Waals surface area contributed by atoms with Gasteiger partial charge in [-0.15, -0.1) is 0 Å². The highest BCUT2D eigenvalue weighted by Crippen LogP contribution is 2.33. The molecule has 2 N–H and O–H groups in total. The number of aryl methyl sites for hydroxylation is 1. The van der Waals surface area contributed by atoms with Crippen LogP contribution in [0.1, 0.15) is 47.9 Å². The van der Waals surface area contributed by atoms with Gasteiger partial charge in [-0.2, -0.15) is 4.98 Å². The van der Waals surface area contributed by atoms with Gasteiger partial charge in [-0.3, -0.25) is 19.1 Å². The number of amides is 2. The quantitative estimate of drug-likeness (QED) is 0.390. The Hall–Kier alpha value is -4.54. The van der Waals surface area contributed by atoms with E-state index in [0.29, 0.717) is 30.8 Å². The zero-order valence-corrected chi connectivity index (χ0v) is 22.9. The van der Waals surface area contributed by atoms with E-state index < -0.39 is 35.0 Å². The van der Waals surface area contributed by atoms with Gasteiger partial charge in [0.25, 0.3) is 11.5 Å². The summed E-state index contributed by atoms with van der Waals surface area (Å²) in [5.74, 6) is -0.433. The van der Waals surface area contributed by atoms with E-state index in [9.17, 15) is 24.6 Å². The van der Waals surface area contributed by atoms with Crippen LogP contribution in [0.25, 0.3) is 5.69 Å². The summed E-state index contributed by atoms with van der Waals surface area (Å²) >= 11 is 0. The number of carbonyl (C=O) groups excluding carboxylic acids is 1. The lowest BCUT2D eigenvalue weighted by Gasteiger charge is -2.26. The average Bonchev–Trinajstić information content (AvgIpc) is 3.44. The normalized spacial score (nSPS) is 14.7. The first-order valence-electron chi connectivity index (χ1n) is 13.2. The number of ether oxygens (including phenoxy) is 2. The highest BCUT2D eigenvalue weighted by atomic mass is 16.5. The van der Waals surface area contributed by atoms with E-state index in [2.05, 4.69) is 4.98 Å². The highest BCUT2D eigenvalue weighted by Gasteiger charge is 2.36. The molecule has 4 rings (SSSR count). The fourth-order valence-corrected chi connectivity index (χ4v) is 5.00. The van der Waals surface area contributed by atoms with Crippen molar-refractivity contribution in [1.29, 1.82) is 0 Å². The fraction of sp³-hybridized carbons (Fsp3) is 0.379. The Morgan fingerprint density at radius 2 is 1.75 bits per heavy atom. The first-order chi connectivity index (χ1) is 19.3. The molecule has 0 spiro atoms. The molecule has 2 heterocycles. The number of likely N-dealkylation sites (tertiary alicyclic amines) is 1. The first-order valence-corrected chi connectivity index (χ1v) is 13.2. The summed E-state index contributed by atoms with van der Waals surface area (Å²) in [5, 5.41) is 20.7. The molecule has 1 fully saturated rings. The van der Waals surface area contributed by atoms with Crippen LogP contribution in [0.5, 0.6) is 17.4 Å². The monoisotopic (exact) mass is 550 g/mol. The molecule has 1 atom stereocenters. The van der Waals surface area contributed by atoms with Gasteiger partial charge in [0.05, 0.1) is 20.3 Å². The van der Waals surface area contributed by atoms with Crippen LogP contribution < -0.4 is 15.0 Å². The van der Waals surface area contributed by atoms with Crippen molar-refractivity contribution >= 4 is 12.0 Å². The first kappa shape index (κ1) is 28.5. The maximum absolute atomic E-state index is 14.0. The van der Waals surface area contributed by atoms with Crippen molar-refractivity contribution in [1.82, 2.24) is 19.4 Å². The van der Waals surface area contributed by atoms with Crippen molar-refractivity contribution < 1.29 is 29.3 Å². The molecular weight excluding hydrogens is 516 g/mol.